The lowest BCUT2D eigenvalue weighted by atomic mass is 10.0. The Labute approximate surface area is 142 Å². The zero-order valence-corrected chi connectivity index (χ0v) is 15.5. The molecule has 0 aliphatic rings. The standard InChI is InChI=1S/C14H10Br3ClO/c1-19-13-3-2-8(6-12(13)18)14(17)9-4-10(15)7-11(16)5-9/h2-7,14H,1H3. The molecule has 2 aromatic carbocycles. The Morgan fingerprint density at radius 3 is 2.16 bits per heavy atom. The summed E-state index contributed by atoms with van der Waals surface area (Å²) in [5, 5.41) is 0.610. The van der Waals surface area contributed by atoms with E-state index in [1.165, 1.54) is 0 Å². The maximum atomic E-state index is 6.16. The molecular weight excluding hydrogens is 459 g/mol. The van der Waals surface area contributed by atoms with E-state index in [0.29, 0.717) is 10.8 Å². The summed E-state index contributed by atoms with van der Waals surface area (Å²) in [6.45, 7) is 0. The van der Waals surface area contributed by atoms with Crippen molar-refractivity contribution >= 4 is 59.4 Å². The van der Waals surface area contributed by atoms with Gasteiger partial charge in [-0.2, -0.15) is 0 Å². The molecule has 19 heavy (non-hydrogen) atoms. The highest BCUT2D eigenvalue weighted by molar-refractivity contribution is 9.11. The fourth-order valence-electron chi connectivity index (χ4n) is 1.75. The average molecular weight is 469 g/mol. The molecule has 100 valence electrons. The Hall–Kier alpha value is -0.0300. The fourth-order valence-corrected chi connectivity index (χ4v) is 3.90. The maximum absolute atomic E-state index is 6.16. The molecular formula is C14H10Br3ClO. The summed E-state index contributed by atoms with van der Waals surface area (Å²) in [5.74, 6) is 0.681. The Kier molecular flexibility index (Phi) is 5.35. The van der Waals surface area contributed by atoms with Gasteiger partial charge in [0.25, 0.3) is 0 Å². The average Bonchev–Trinajstić information content (AvgIpc) is 2.36. The van der Waals surface area contributed by atoms with Gasteiger partial charge in [0.15, 0.2) is 0 Å². The zero-order valence-electron chi connectivity index (χ0n) is 9.96. The van der Waals surface area contributed by atoms with Crippen LogP contribution in [0.1, 0.15) is 16.0 Å². The fraction of sp³-hybridized carbons (Fsp3) is 0.143. The topological polar surface area (TPSA) is 9.23 Å². The van der Waals surface area contributed by atoms with Gasteiger partial charge in [-0.3, -0.25) is 0 Å². The number of hydrogen-bond donors (Lipinski definition) is 0. The van der Waals surface area contributed by atoms with Crippen molar-refractivity contribution < 1.29 is 4.74 Å². The van der Waals surface area contributed by atoms with Crippen molar-refractivity contribution in [2.24, 2.45) is 0 Å². The van der Waals surface area contributed by atoms with E-state index < -0.39 is 0 Å². The number of rotatable bonds is 3. The first-order valence-electron chi connectivity index (χ1n) is 5.44. The Morgan fingerprint density at radius 2 is 1.63 bits per heavy atom. The lowest BCUT2D eigenvalue weighted by Crippen LogP contribution is -1.94. The molecule has 0 saturated heterocycles. The normalized spacial score (nSPS) is 12.3. The number of ether oxygens (including phenoxy) is 1. The largest absolute Gasteiger partial charge is 0.495 e. The van der Waals surface area contributed by atoms with Gasteiger partial charge in [0.05, 0.1) is 17.0 Å². The Morgan fingerprint density at radius 1 is 1.00 bits per heavy atom. The van der Waals surface area contributed by atoms with Gasteiger partial charge in [-0.1, -0.05) is 65.5 Å². The third-order valence-electron chi connectivity index (χ3n) is 2.65. The molecule has 0 aliphatic heterocycles. The van der Waals surface area contributed by atoms with Crippen LogP contribution in [0.25, 0.3) is 0 Å². The molecule has 0 radical (unpaired) electrons. The van der Waals surface area contributed by atoms with Crippen LogP contribution >= 0.6 is 59.4 Å². The van der Waals surface area contributed by atoms with E-state index in [1.807, 2.05) is 24.3 Å². The minimum Gasteiger partial charge on any atom is -0.495 e. The van der Waals surface area contributed by atoms with Crippen LogP contribution in [0.15, 0.2) is 45.3 Å². The minimum absolute atomic E-state index is 0.0738. The molecule has 1 atom stereocenters. The number of alkyl halides is 1. The van der Waals surface area contributed by atoms with Crippen LogP contribution in [0.4, 0.5) is 0 Å². The number of benzene rings is 2. The lowest BCUT2D eigenvalue weighted by molar-refractivity contribution is 0.415. The van der Waals surface area contributed by atoms with Gasteiger partial charge in [0.2, 0.25) is 0 Å². The SMILES string of the molecule is COc1ccc(C(Br)c2cc(Br)cc(Br)c2)cc1Cl. The summed E-state index contributed by atoms with van der Waals surface area (Å²) in [7, 11) is 1.61. The number of hydrogen-bond acceptors (Lipinski definition) is 1. The molecule has 0 aromatic heterocycles. The summed E-state index contributed by atoms with van der Waals surface area (Å²) in [6, 6.07) is 11.9. The predicted octanol–water partition coefficient (Wildman–Crippen LogP) is 6.36. The molecule has 0 bridgehead atoms. The quantitative estimate of drug-likeness (QED) is 0.476. The maximum Gasteiger partial charge on any atom is 0.137 e. The highest BCUT2D eigenvalue weighted by Crippen LogP contribution is 2.37. The van der Waals surface area contributed by atoms with Gasteiger partial charge in [0.1, 0.15) is 5.75 Å². The number of halogens is 4. The molecule has 1 unspecified atom stereocenters. The van der Waals surface area contributed by atoms with E-state index in [-0.39, 0.29) is 4.83 Å². The van der Waals surface area contributed by atoms with Crippen molar-refractivity contribution in [3.63, 3.8) is 0 Å². The molecule has 1 nitrogen and oxygen atoms in total. The monoisotopic (exact) mass is 466 g/mol. The van der Waals surface area contributed by atoms with Gasteiger partial charge < -0.3 is 4.74 Å². The summed E-state index contributed by atoms with van der Waals surface area (Å²) in [6.07, 6.45) is 0. The molecule has 0 N–H and O–H groups in total. The van der Waals surface area contributed by atoms with Crippen molar-refractivity contribution in [3.8, 4) is 5.75 Å². The minimum atomic E-state index is 0.0738. The van der Waals surface area contributed by atoms with Gasteiger partial charge in [-0.25, -0.2) is 0 Å². The van der Waals surface area contributed by atoms with Crippen molar-refractivity contribution in [3.05, 3.63) is 61.5 Å². The smallest absolute Gasteiger partial charge is 0.137 e. The van der Waals surface area contributed by atoms with Gasteiger partial charge >= 0.3 is 0 Å². The van der Waals surface area contributed by atoms with Crippen LogP contribution in [0.2, 0.25) is 5.02 Å². The van der Waals surface area contributed by atoms with Crippen molar-refractivity contribution in [1.29, 1.82) is 0 Å². The summed E-state index contributed by atoms with van der Waals surface area (Å²) in [5.41, 5.74) is 2.22. The second-order valence-corrected chi connectivity index (χ2v) is 7.11. The van der Waals surface area contributed by atoms with Gasteiger partial charge in [-0.15, -0.1) is 0 Å². The molecule has 0 heterocycles. The highest BCUT2D eigenvalue weighted by atomic mass is 79.9. The Balaban J connectivity index is 2.38. The molecule has 2 aromatic rings. The summed E-state index contributed by atoms with van der Waals surface area (Å²) < 4.78 is 7.22. The Bertz CT molecular complexity index is 581. The summed E-state index contributed by atoms with van der Waals surface area (Å²) in [4.78, 5) is 0.0738. The number of methoxy groups -OCH3 is 1. The molecule has 0 amide bonds. The second kappa shape index (κ2) is 6.61. The van der Waals surface area contributed by atoms with Crippen LogP contribution in [-0.4, -0.2) is 7.11 Å². The van der Waals surface area contributed by atoms with E-state index in [2.05, 4.69) is 59.9 Å². The van der Waals surface area contributed by atoms with Crippen LogP contribution in [-0.2, 0) is 0 Å². The third kappa shape index (κ3) is 3.75. The van der Waals surface area contributed by atoms with Crippen molar-refractivity contribution in [2.75, 3.05) is 7.11 Å². The van der Waals surface area contributed by atoms with Gasteiger partial charge in [0, 0.05) is 8.95 Å². The first kappa shape index (κ1) is 15.4. The lowest BCUT2D eigenvalue weighted by Gasteiger charge is -2.13. The van der Waals surface area contributed by atoms with E-state index in [0.717, 1.165) is 20.1 Å². The molecule has 0 spiro atoms. The van der Waals surface area contributed by atoms with Crippen LogP contribution in [0.5, 0.6) is 5.75 Å². The van der Waals surface area contributed by atoms with E-state index >= 15 is 0 Å². The molecule has 2 rings (SSSR count). The first-order chi connectivity index (χ1) is 9.01. The predicted molar refractivity (Wildman–Crippen MR) is 90.6 cm³/mol. The summed E-state index contributed by atoms with van der Waals surface area (Å²) >= 11 is 16.8. The van der Waals surface area contributed by atoms with E-state index in [1.54, 1.807) is 7.11 Å². The highest BCUT2D eigenvalue weighted by Gasteiger charge is 2.13. The van der Waals surface area contributed by atoms with Crippen molar-refractivity contribution in [2.45, 2.75) is 4.83 Å². The van der Waals surface area contributed by atoms with E-state index in [9.17, 15) is 0 Å². The van der Waals surface area contributed by atoms with Crippen LogP contribution in [0, 0.1) is 0 Å². The van der Waals surface area contributed by atoms with Crippen LogP contribution < -0.4 is 4.74 Å². The van der Waals surface area contributed by atoms with Crippen LogP contribution in [0.3, 0.4) is 0 Å². The third-order valence-corrected chi connectivity index (χ3v) is 4.91. The molecule has 0 aliphatic carbocycles. The first-order valence-corrected chi connectivity index (χ1v) is 8.32. The zero-order chi connectivity index (χ0) is 14.0. The second-order valence-electron chi connectivity index (χ2n) is 3.96. The molecule has 0 saturated carbocycles. The molecule has 0 fully saturated rings. The van der Waals surface area contributed by atoms with Gasteiger partial charge in [-0.05, 0) is 41.5 Å². The molecule has 5 heteroatoms. The van der Waals surface area contributed by atoms with Crippen molar-refractivity contribution in [1.82, 2.24) is 0 Å². The van der Waals surface area contributed by atoms with E-state index in [4.69, 9.17) is 16.3 Å².